The quantitative estimate of drug-likeness (QED) is 0.257. The van der Waals surface area contributed by atoms with Crippen LogP contribution in [0.5, 0.6) is 0 Å². The van der Waals surface area contributed by atoms with E-state index < -0.39 is 35.8 Å². The van der Waals surface area contributed by atoms with Gasteiger partial charge in [0, 0.05) is 6.54 Å². The lowest BCUT2D eigenvalue weighted by atomic mass is 10.0. The van der Waals surface area contributed by atoms with Crippen molar-refractivity contribution in [1.82, 2.24) is 26.6 Å². The van der Waals surface area contributed by atoms with E-state index in [1.807, 2.05) is 13.8 Å². The highest BCUT2D eigenvalue weighted by Gasteiger charge is 2.25. The largest absolute Gasteiger partial charge is 0.355 e. The number of hydrogen-bond acceptors (Lipinski definition) is 5. The average Bonchev–Trinajstić information content (AvgIpc) is 2.58. The minimum absolute atomic E-state index is 0.118. The monoisotopic (exact) mass is 385 g/mol. The summed E-state index contributed by atoms with van der Waals surface area (Å²) in [6, 6.07) is -2.35. The molecule has 0 saturated carbocycles. The normalized spacial score (nSPS) is 13.7. The Morgan fingerprint density at radius 1 is 0.852 bits per heavy atom. The molecule has 0 radical (unpaired) electrons. The van der Waals surface area contributed by atoms with E-state index in [1.54, 1.807) is 13.8 Å². The number of hydrogen-bond donors (Lipinski definition) is 5. The van der Waals surface area contributed by atoms with Crippen LogP contribution < -0.4 is 26.6 Å². The average molecular weight is 385 g/mol. The summed E-state index contributed by atoms with van der Waals surface area (Å²) in [7, 11) is 0. The molecule has 3 atom stereocenters. The van der Waals surface area contributed by atoms with E-state index in [0.717, 1.165) is 0 Å². The van der Waals surface area contributed by atoms with Crippen molar-refractivity contribution in [2.75, 3.05) is 13.1 Å². The van der Waals surface area contributed by atoms with Crippen LogP contribution >= 0.6 is 0 Å². The molecule has 0 aliphatic heterocycles. The van der Waals surface area contributed by atoms with Crippen molar-refractivity contribution in [3.63, 3.8) is 0 Å². The number of likely N-dealkylation sites (N-methyl/N-ethyl adjacent to an activating group) is 1. The standard InChI is InChI=1S/C17H31N5O5/c1-6-18-16(26)12(5)21-17(27)13(7-10(2)3)22-14(24)8-19-15(25)11(4)20-9-23/h9-13H,6-8H2,1-5H3,(H,18,26)(H,19,25)(H,20,23)(H,21,27)(H,22,24)/t11-,12?,13-/m0/s1. The number of carbonyl (C=O) groups excluding carboxylic acids is 5. The van der Waals surface area contributed by atoms with Crippen LogP contribution in [-0.2, 0) is 24.0 Å². The molecular formula is C17H31N5O5. The summed E-state index contributed by atoms with van der Waals surface area (Å²) in [5.41, 5.74) is 0. The highest BCUT2D eigenvalue weighted by molar-refractivity contribution is 5.93. The molecule has 10 nitrogen and oxygen atoms in total. The van der Waals surface area contributed by atoms with Crippen LogP contribution in [0.25, 0.3) is 0 Å². The maximum Gasteiger partial charge on any atom is 0.243 e. The Balaban J connectivity index is 4.73. The fourth-order valence-corrected chi connectivity index (χ4v) is 2.15. The first-order chi connectivity index (χ1) is 12.6. The van der Waals surface area contributed by atoms with Crippen LogP contribution in [0.3, 0.4) is 0 Å². The molecule has 0 saturated heterocycles. The Morgan fingerprint density at radius 3 is 1.96 bits per heavy atom. The van der Waals surface area contributed by atoms with E-state index in [-0.39, 0.29) is 18.4 Å². The van der Waals surface area contributed by atoms with Gasteiger partial charge in [-0.25, -0.2) is 0 Å². The summed E-state index contributed by atoms with van der Waals surface area (Å²) in [4.78, 5) is 58.2. The van der Waals surface area contributed by atoms with Gasteiger partial charge < -0.3 is 26.6 Å². The van der Waals surface area contributed by atoms with Crippen molar-refractivity contribution in [1.29, 1.82) is 0 Å². The van der Waals surface area contributed by atoms with Crippen LogP contribution in [0.1, 0.15) is 41.0 Å². The molecule has 0 aromatic rings. The smallest absolute Gasteiger partial charge is 0.243 e. The van der Waals surface area contributed by atoms with E-state index in [2.05, 4.69) is 26.6 Å². The lowest BCUT2D eigenvalue weighted by Gasteiger charge is -2.22. The number of rotatable bonds is 12. The first-order valence-corrected chi connectivity index (χ1v) is 8.97. The topological polar surface area (TPSA) is 146 Å². The summed E-state index contributed by atoms with van der Waals surface area (Å²) < 4.78 is 0. The first-order valence-electron chi connectivity index (χ1n) is 8.97. The zero-order chi connectivity index (χ0) is 21.0. The molecule has 0 bridgehead atoms. The summed E-state index contributed by atoms with van der Waals surface area (Å²) in [5.74, 6) is -1.74. The van der Waals surface area contributed by atoms with Crippen molar-refractivity contribution in [2.45, 2.75) is 59.2 Å². The molecule has 0 rings (SSSR count). The molecular weight excluding hydrogens is 354 g/mol. The lowest BCUT2D eigenvalue weighted by Crippen LogP contribution is -2.54. The predicted octanol–water partition coefficient (Wildman–Crippen LogP) is -1.59. The molecule has 0 heterocycles. The van der Waals surface area contributed by atoms with E-state index in [1.165, 1.54) is 6.92 Å². The van der Waals surface area contributed by atoms with Crippen molar-refractivity contribution in [2.24, 2.45) is 5.92 Å². The molecule has 0 fully saturated rings. The third-order valence-electron chi connectivity index (χ3n) is 3.60. The van der Waals surface area contributed by atoms with Crippen molar-refractivity contribution >= 4 is 30.0 Å². The zero-order valence-electron chi connectivity index (χ0n) is 16.5. The van der Waals surface area contributed by atoms with Crippen LogP contribution in [0.2, 0.25) is 0 Å². The van der Waals surface area contributed by atoms with Gasteiger partial charge >= 0.3 is 0 Å². The second kappa shape index (κ2) is 12.7. The lowest BCUT2D eigenvalue weighted by molar-refractivity contribution is -0.132. The second-order valence-electron chi connectivity index (χ2n) is 6.60. The van der Waals surface area contributed by atoms with Crippen molar-refractivity contribution in [3.8, 4) is 0 Å². The third-order valence-corrected chi connectivity index (χ3v) is 3.60. The second-order valence-corrected chi connectivity index (χ2v) is 6.60. The van der Waals surface area contributed by atoms with Crippen molar-refractivity contribution in [3.05, 3.63) is 0 Å². The molecule has 0 aromatic heterocycles. The Bertz CT molecular complexity index is 538. The van der Waals surface area contributed by atoms with Crippen LogP contribution in [0, 0.1) is 5.92 Å². The molecule has 1 unspecified atom stereocenters. The van der Waals surface area contributed by atoms with E-state index in [0.29, 0.717) is 19.4 Å². The molecule has 0 aromatic carbocycles. The molecule has 5 amide bonds. The van der Waals surface area contributed by atoms with Crippen LogP contribution in [0.4, 0.5) is 0 Å². The van der Waals surface area contributed by atoms with Gasteiger partial charge in [-0.2, -0.15) is 0 Å². The summed E-state index contributed by atoms with van der Waals surface area (Å²) in [6.45, 7) is 8.70. The van der Waals surface area contributed by atoms with Crippen LogP contribution in [-0.4, -0.2) is 61.3 Å². The molecule has 154 valence electrons. The van der Waals surface area contributed by atoms with Crippen molar-refractivity contribution < 1.29 is 24.0 Å². The Kier molecular flexibility index (Phi) is 11.4. The van der Waals surface area contributed by atoms with Gasteiger partial charge in [-0.15, -0.1) is 0 Å². The number of carbonyl (C=O) groups is 5. The SMILES string of the molecule is CCNC(=O)C(C)NC(=O)[C@H](CC(C)C)NC(=O)CNC(=O)[C@H](C)NC=O. The molecule has 5 N–H and O–H groups in total. The minimum atomic E-state index is -0.836. The van der Waals surface area contributed by atoms with Gasteiger partial charge in [0.1, 0.15) is 18.1 Å². The zero-order valence-corrected chi connectivity index (χ0v) is 16.5. The van der Waals surface area contributed by atoms with Gasteiger partial charge in [0.25, 0.3) is 0 Å². The summed E-state index contributed by atoms with van der Waals surface area (Å²) in [5, 5.41) is 12.4. The van der Waals surface area contributed by atoms with Crippen LogP contribution in [0.15, 0.2) is 0 Å². The van der Waals surface area contributed by atoms with Gasteiger partial charge in [0.15, 0.2) is 0 Å². The summed E-state index contributed by atoms with van der Waals surface area (Å²) >= 11 is 0. The molecule has 0 spiro atoms. The summed E-state index contributed by atoms with van der Waals surface area (Å²) in [6.07, 6.45) is 0.764. The van der Waals surface area contributed by atoms with Gasteiger partial charge in [-0.1, -0.05) is 13.8 Å². The highest BCUT2D eigenvalue weighted by atomic mass is 16.2. The first kappa shape index (κ1) is 24.4. The third kappa shape index (κ3) is 10.2. The highest BCUT2D eigenvalue weighted by Crippen LogP contribution is 2.05. The maximum atomic E-state index is 12.4. The van der Waals surface area contributed by atoms with E-state index in [4.69, 9.17) is 0 Å². The minimum Gasteiger partial charge on any atom is -0.355 e. The van der Waals surface area contributed by atoms with E-state index in [9.17, 15) is 24.0 Å². The van der Waals surface area contributed by atoms with E-state index >= 15 is 0 Å². The fourth-order valence-electron chi connectivity index (χ4n) is 2.15. The Labute approximate surface area is 159 Å². The maximum absolute atomic E-state index is 12.4. The number of amides is 5. The molecule has 0 aliphatic rings. The van der Waals surface area contributed by atoms with Gasteiger partial charge in [-0.05, 0) is 33.1 Å². The molecule has 10 heteroatoms. The molecule has 0 aliphatic carbocycles. The Hall–Kier alpha value is -2.65. The van der Waals surface area contributed by atoms with Gasteiger partial charge in [-0.3, -0.25) is 24.0 Å². The van der Waals surface area contributed by atoms with Gasteiger partial charge in [0.05, 0.1) is 6.54 Å². The van der Waals surface area contributed by atoms with Gasteiger partial charge in [0.2, 0.25) is 30.0 Å². The molecule has 27 heavy (non-hydrogen) atoms. The number of nitrogens with one attached hydrogen (secondary N) is 5. The predicted molar refractivity (Wildman–Crippen MR) is 99.3 cm³/mol. The fraction of sp³-hybridized carbons (Fsp3) is 0.706. The Morgan fingerprint density at radius 2 is 1.44 bits per heavy atom.